The number of carbonyl (C=O) groups excluding carboxylic acids is 1. The second kappa shape index (κ2) is 7.56. The van der Waals surface area contributed by atoms with Gasteiger partial charge in [0.05, 0.1) is 0 Å². The van der Waals surface area contributed by atoms with E-state index in [9.17, 15) is 4.79 Å². The molecule has 1 atom stereocenters. The number of hydrogen-bond donors (Lipinski definition) is 1. The maximum Gasteiger partial charge on any atom is 0.218 e. The average molecular weight is 278 g/mol. The van der Waals surface area contributed by atoms with Gasteiger partial charge in [-0.25, -0.2) is 0 Å². The zero-order valence-electron chi connectivity index (χ0n) is 11.3. The van der Waals surface area contributed by atoms with Crippen LogP contribution in [0.3, 0.4) is 0 Å². The highest BCUT2D eigenvalue weighted by atomic mass is 32.2. The summed E-state index contributed by atoms with van der Waals surface area (Å²) in [5.74, 6) is 0.895. The van der Waals surface area contributed by atoms with Crippen molar-refractivity contribution in [1.29, 1.82) is 0 Å². The number of thioether (sulfide) groups is 1. The van der Waals surface area contributed by atoms with Gasteiger partial charge in [-0.2, -0.15) is 0 Å². The summed E-state index contributed by atoms with van der Waals surface area (Å²) in [4.78, 5) is 14.8. The lowest BCUT2D eigenvalue weighted by molar-refractivity contribution is -0.119. The van der Waals surface area contributed by atoms with Crippen LogP contribution < -0.4 is 5.73 Å². The molecule has 104 valence electrons. The molecule has 2 N–H and O–H groups in total. The standard InChI is InChI=1S/C15H22N2OS/c16-15(18)12-13-6-4-5-9-17(13)10-11-19-14-7-2-1-3-8-14/h1-3,7-8,13H,4-6,9-12H2,(H2,16,18). The molecule has 3 nitrogen and oxygen atoms in total. The molecule has 0 aliphatic carbocycles. The minimum atomic E-state index is -0.174. The van der Waals surface area contributed by atoms with Crippen LogP contribution in [0.15, 0.2) is 35.2 Å². The average Bonchev–Trinajstić information content (AvgIpc) is 2.41. The summed E-state index contributed by atoms with van der Waals surface area (Å²) in [6.45, 7) is 2.14. The first kappa shape index (κ1) is 14.4. The third kappa shape index (κ3) is 4.88. The zero-order valence-corrected chi connectivity index (χ0v) is 12.1. The van der Waals surface area contributed by atoms with Crippen molar-refractivity contribution in [1.82, 2.24) is 4.90 Å². The Balaban J connectivity index is 1.78. The monoisotopic (exact) mass is 278 g/mol. The number of nitrogens with two attached hydrogens (primary N) is 1. The summed E-state index contributed by atoms with van der Waals surface area (Å²) in [7, 11) is 0. The Kier molecular flexibility index (Phi) is 5.73. The van der Waals surface area contributed by atoms with E-state index in [1.165, 1.54) is 17.7 Å². The Morgan fingerprint density at radius 2 is 2.11 bits per heavy atom. The molecule has 0 spiro atoms. The summed E-state index contributed by atoms with van der Waals surface area (Å²) >= 11 is 1.88. The predicted octanol–water partition coefficient (Wildman–Crippen LogP) is 2.51. The van der Waals surface area contributed by atoms with Crippen LogP contribution in [0.1, 0.15) is 25.7 Å². The number of rotatable bonds is 6. The molecule has 0 radical (unpaired) electrons. The first-order valence-electron chi connectivity index (χ1n) is 6.96. The van der Waals surface area contributed by atoms with Crippen molar-refractivity contribution in [3.8, 4) is 0 Å². The molecule has 1 aliphatic heterocycles. The summed E-state index contributed by atoms with van der Waals surface area (Å²) in [6, 6.07) is 10.8. The fraction of sp³-hybridized carbons (Fsp3) is 0.533. The third-order valence-corrected chi connectivity index (χ3v) is 4.57. The second-order valence-corrected chi connectivity index (χ2v) is 6.19. The SMILES string of the molecule is NC(=O)CC1CCCCN1CCSc1ccccc1. The summed E-state index contributed by atoms with van der Waals surface area (Å²) in [6.07, 6.45) is 4.08. The van der Waals surface area contributed by atoms with Gasteiger partial charge in [0.25, 0.3) is 0 Å². The highest BCUT2D eigenvalue weighted by Crippen LogP contribution is 2.22. The van der Waals surface area contributed by atoms with Crippen molar-refractivity contribution in [2.75, 3.05) is 18.8 Å². The number of primary amides is 1. The topological polar surface area (TPSA) is 46.3 Å². The molecule has 1 fully saturated rings. The van der Waals surface area contributed by atoms with E-state index in [-0.39, 0.29) is 5.91 Å². The predicted molar refractivity (Wildman–Crippen MR) is 80.2 cm³/mol. The Bertz CT molecular complexity index is 396. The van der Waals surface area contributed by atoms with Gasteiger partial charge in [0.2, 0.25) is 5.91 Å². The van der Waals surface area contributed by atoms with E-state index in [0.717, 1.165) is 25.3 Å². The van der Waals surface area contributed by atoms with Gasteiger partial charge in [-0.3, -0.25) is 9.69 Å². The van der Waals surface area contributed by atoms with Gasteiger partial charge in [-0.1, -0.05) is 24.6 Å². The van der Waals surface area contributed by atoms with Crippen molar-refractivity contribution in [3.05, 3.63) is 30.3 Å². The number of piperidine rings is 1. The molecular weight excluding hydrogens is 256 g/mol. The summed E-state index contributed by atoms with van der Waals surface area (Å²) in [5.41, 5.74) is 5.33. The van der Waals surface area contributed by atoms with E-state index >= 15 is 0 Å². The van der Waals surface area contributed by atoms with Crippen LogP contribution in [0.25, 0.3) is 0 Å². The molecule has 0 saturated carbocycles. The molecular formula is C15H22N2OS. The van der Waals surface area contributed by atoms with E-state index < -0.39 is 0 Å². The van der Waals surface area contributed by atoms with Gasteiger partial charge < -0.3 is 5.73 Å². The number of likely N-dealkylation sites (tertiary alicyclic amines) is 1. The lowest BCUT2D eigenvalue weighted by Gasteiger charge is -2.35. The fourth-order valence-corrected chi connectivity index (χ4v) is 3.53. The molecule has 1 saturated heterocycles. The van der Waals surface area contributed by atoms with Gasteiger partial charge in [-0.15, -0.1) is 11.8 Å². The first-order chi connectivity index (χ1) is 9.25. The molecule has 4 heteroatoms. The van der Waals surface area contributed by atoms with Crippen LogP contribution in [-0.2, 0) is 4.79 Å². The molecule has 0 aromatic heterocycles. The van der Waals surface area contributed by atoms with E-state index in [0.29, 0.717) is 12.5 Å². The van der Waals surface area contributed by atoms with E-state index in [1.54, 1.807) is 0 Å². The van der Waals surface area contributed by atoms with Crippen LogP contribution in [-0.4, -0.2) is 35.7 Å². The molecule has 0 bridgehead atoms. The maximum absolute atomic E-state index is 11.1. The largest absolute Gasteiger partial charge is 0.370 e. The molecule has 19 heavy (non-hydrogen) atoms. The molecule has 1 heterocycles. The summed E-state index contributed by atoms with van der Waals surface area (Å²) in [5, 5.41) is 0. The Labute approximate surface area is 119 Å². The van der Waals surface area contributed by atoms with Crippen LogP contribution in [0.5, 0.6) is 0 Å². The van der Waals surface area contributed by atoms with Crippen molar-refractivity contribution in [3.63, 3.8) is 0 Å². The van der Waals surface area contributed by atoms with Gasteiger partial charge in [-0.05, 0) is 31.5 Å². The molecule has 1 aromatic carbocycles. The Hall–Kier alpha value is -1.00. The lowest BCUT2D eigenvalue weighted by Crippen LogP contribution is -2.42. The lowest BCUT2D eigenvalue weighted by atomic mass is 9.99. The number of amides is 1. The van der Waals surface area contributed by atoms with Gasteiger partial charge in [0.1, 0.15) is 0 Å². The fourth-order valence-electron chi connectivity index (χ4n) is 2.62. The molecule has 1 aliphatic rings. The van der Waals surface area contributed by atoms with Crippen molar-refractivity contribution < 1.29 is 4.79 Å². The van der Waals surface area contributed by atoms with Crippen LogP contribution >= 0.6 is 11.8 Å². The minimum absolute atomic E-state index is 0.174. The maximum atomic E-state index is 11.1. The molecule has 2 rings (SSSR count). The Morgan fingerprint density at radius 1 is 1.32 bits per heavy atom. The number of benzene rings is 1. The van der Waals surface area contributed by atoms with Crippen LogP contribution in [0.2, 0.25) is 0 Å². The highest BCUT2D eigenvalue weighted by Gasteiger charge is 2.23. The van der Waals surface area contributed by atoms with Crippen molar-refractivity contribution >= 4 is 17.7 Å². The van der Waals surface area contributed by atoms with Crippen LogP contribution in [0, 0.1) is 0 Å². The summed E-state index contributed by atoms with van der Waals surface area (Å²) < 4.78 is 0. The number of carbonyl (C=O) groups is 1. The van der Waals surface area contributed by atoms with Gasteiger partial charge in [0, 0.05) is 29.7 Å². The van der Waals surface area contributed by atoms with Gasteiger partial charge >= 0.3 is 0 Å². The highest BCUT2D eigenvalue weighted by molar-refractivity contribution is 7.99. The molecule has 1 unspecified atom stereocenters. The zero-order chi connectivity index (χ0) is 13.5. The minimum Gasteiger partial charge on any atom is -0.370 e. The van der Waals surface area contributed by atoms with E-state index in [1.807, 2.05) is 17.8 Å². The molecule has 1 amide bonds. The van der Waals surface area contributed by atoms with Gasteiger partial charge in [0.15, 0.2) is 0 Å². The third-order valence-electron chi connectivity index (χ3n) is 3.58. The normalized spacial score (nSPS) is 20.3. The molecule has 1 aromatic rings. The number of hydrogen-bond acceptors (Lipinski definition) is 3. The van der Waals surface area contributed by atoms with E-state index in [2.05, 4.69) is 29.2 Å². The van der Waals surface area contributed by atoms with Crippen molar-refractivity contribution in [2.24, 2.45) is 5.73 Å². The quantitative estimate of drug-likeness (QED) is 0.813. The van der Waals surface area contributed by atoms with E-state index in [4.69, 9.17) is 5.73 Å². The first-order valence-corrected chi connectivity index (χ1v) is 7.94. The second-order valence-electron chi connectivity index (χ2n) is 5.02. The van der Waals surface area contributed by atoms with Crippen LogP contribution in [0.4, 0.5) is 0 Å². The number of nitrogens with zero attached hydrogens (tertiary/aromatic N) is 1. The van der Waals surface area contributed by atoms with Crippen molar-refractivity contribution in [2.45, 2.75) is 36.6 Å². The Morgan fingerprint density at radius 3 is 2.84 bits per heavy atom. The smallest absolute Gasteiger partial charge is 0.218 e.